The third-order valence-electron chi connectivity index (χ3n) is 4.91. The molecule has 3 heterocycles. The average Bonchev–Trinajstić information content (AvgIpc) is 3.04. The van der Waals surface area contributed by atoms with Gasteiger partial charge in [0.05, 0.1) is 25.9 Å². The van der Waals surface area contributed by atoms with Crippen LogP contribution in [0.3, 0.4) is 0 Å². The van der Waals surface area contributed by atoms with Gasteiger partial charge in [0.1, 0.15) is 11.4 Å². The van der Waals surface area contributed by atoms with E-state index >= 15 is 0 Å². The van der Waals surface area contributed by atoms with E-state index in [4.69, 9.17) is 9.47 Å². The number of hydrogen-bond acceptors (Lipinski definition) is 4. The highest BCUT2D eigenvalue weighted by Gasteiger charge is 2.54. The summed E-state index contributed by atoms with van der Waals surface area (Å²) < 4.78 is 11.9. The summed E-state index contributed by atoms with van der Waals surface area (Å²) in [4.78, 5) is 18.4. The van der Waals surface area contributed by atoms with E-state index in [2.05, 4.69) is 4.98 Å². The van der Waals surface area contributed by atoms with Crippen LogP contribution in [0.1, 0.15) is 16.8 Å². The van der Waals surface area contributed by atoms with Crippen LogP contribution in [0.4, 0.5) is 0 Å². The second kappa shape index (κ2) is 6.24. The lowest BCUT2D eigenvalue weighted by atomic mass is 9.81. The maximum atomic E-state index is 12.5. The molecule has 2 saturated heterocycles. The van der Waals surface area contributed by atoms with E-state index in [1.54, 1.807) is 12.4 Å². The molecule has 2 aliphatic rings. The number of amides is 1. The molecule has 1 spiro atoms. The molecule has 0 N–H and O–H groups in total. The number of carbonyl (C=O) groups is 1. The van der Waals surface area contributed by atoms with Gasteiger partial charge in [-0.1, -0.05) is 18.2 Å². The standard InChI is InChI=1S/C19H20N2O3/c22-18(15-5-2-1-3-6-15)21-13-19(14-21)16(8-10-24-19)12-23-17-7-4-9-20-11-17/h1-7,9,11,16H,8,10,12-14H2/t16-/m1/s1. The Balaban J connectivity index is 1.37. The van der Waals surface area contributed by atoms with Crippen LogP contribution in [0, 0.1) is 5.92 Å². The molecule has 5 heteroatoms. The van der Waals surface area contributed by atoms with Crippen LogP contribution >= 0.6 is 0 Å². The van der Waals surface area contributed by atoms with Gasteiger partial charge in [0.2, 0.25) is 0 Å². The second-order valence-electron chi connectivity index (χ2n) is 6.43. The topological polar surface area (TPSA) is 51.7 Å². The van der Waals surface area contributed by atoms with Crippen molar-refractivity contribution < 1.29 is 14.3 Å². The first-order chi connectivity index (χ1) is 11.8. The quantitative estimate of drug-likeness (QED) is 0.866. The molecular formula is C19H20N2O3. The summed E-state index contributed by atoms with van der Waals surface area (Å²) in [6, 6.07) is 13.2. The molecule has 1 aromatic heterocycles. The van der Waals surface area contributed by atoms with Gasteiger partial charge < -0.3 is 14.4 Å². The van der Waals surface area contributed by atoms with E-state index in [-0.39, 0.29) is 11.5 Å². The van der Waals surface area contributed by atoms with Gasteiger partial charge in [0.25, 0.3) is 5.91 Å². The Morgan fingerprint density at radius 1 is 1.25 bits per heavy atom. The fourth-order valence-corrected chi connectivity index (χ4v) is 3.51. The predicted octanol–water partition coefficient (Wildman–Crippen LogP) is 2.39. The van der Waals surface area contributed by atoms with Crippen molar-refractivity contribution in [3.05, 3.63) is 60.4 Å². The third kappa shape index (κ3) is 2.76. The normalized spacial score (nSPS) is 21.5. The van der Waals surface area contributed by atoms with Crippen molar-refractivity contribution in [3.8, 4) is 5.75 Å². The first-order valence-corrected chi connectivity index (χ1v) is 8.28. The zero-order chi connectivity index (χ0) is 16.4. The molecule has 0 aliphatic carbocycles. The van der Waals surface area contributed by atoms with Crippen molar-refractivity contribution in [1.82, 2.24) is 9.88 Å². The molecule has 0 radical (unpaired) electrons. The largest absolute Gasteiger partial charge is 0.492 e. The van der Waals surface area contributed by atoms with Crippen molar-refractivity contribution >= 4 is 5.91 Å². The highest BCUT2D eigenvalue weighted by Crippen LogP contribution is 2.40. The van der Waals surface area contributed by atoms with Gasteiger partial charge in [0, 0.05) is 24.3 Å². The average molecular weight is 324 g/mol. The maximum Gasteiger partial charge on any atom is 0.254 e. The lowest BCUT2D eigenvalue weighted by molar-refractivity contribution is -0.122. The van der Waals surface area contributed by atoms with Crippen LogP contribution in [0.25, 0.3) is 0 Å². The van der Waals surface area contributed by atoms with Gasteiger partial charge in [0.15, 0.2) is 0 Å². The molecule has 0 unspecified atom stereocenters. The lowest BCUT2D eigenvalue weighted by Gasteiger charge is -2.50. The van der Waals surface area contributed by atoms with Crippen molar-refractivity contribution in [2.24, 2.45) is 5.92 Å². The molecule has 1 amide bonds. The Kier molecular flexibility index (Phi) is 3.94. The van der Waals surface area contributed by atoms with E-state index < -0.39 is 0 Å². The SMILES string of the molecule is O=C(c1ccccc1)N1CC2(C1)OCC[C@@H]2COc1cccnc1. The van der Waals surface area contributed by atoms with E-state index in [1.165, 1.54) is 0 Å². The summed E-state index contributed by atoms with van der Waals surface area (Å²) in [6.07, 6.45) is 4.41. The summed E-state index contributed by atoms with van der Waals surface area (Å²) in [6.45, 7) is 2.61. The van der Waals surface area contributed by atoms with Crippen molar-refractivity contribution in [2.45, 2.75) is 12.0 Å². The number of rotatable bonds is 4. The number of aromatic nitrogens is 1. The van der Waals surface area contributed by atoms with Crippen molar-refractivity contribution in [1.29, 1.82) is 0 Å². The molecule has 0 bridgehead atoms. The van der Waals surface area contributed by atoms with Gasteiger partial charge in [-0.15, -0.1) is 0 Å². The Bertz CT molecular complexity index is 699. The zero-order valence-corrected chi connectivity index (χ0v) is 13.4. The maximum absolute atomic E-state index is 12.5. The number of hydrogen-bond donors (Lipinski definition) is 0. The summed E-state index contributed by atoms with van der Waals surface area (Å²) >= 11 is 0. The van der Waals surface area contributed by atoms with E-state index in [9.17, 15) is 4.79 Å². The highest BCUT2D eigenvalue weighted by atomic mass is 16.5. The van der Waals surface area contributed by atoms with Crippen LogP contribution in [0.15, 0.2) is 54.9 Å². The van der Waals surface area contributed by atoms with Crippen LogP contribution in [-0.4, -0.2) is 47.7 Å². The Labute approximate surface area is 141 Å². The molecule has 4 rings (SSSR count). The molecule has 2 aliphatic heterocycles. The Morgan fingerprint density at radius 3 is 2.83 bits per heavy atom. The van der Waals surface area contributed by atoms with E-state index in [1.807, 2.05) is 47.4 Å². The number of benzene rings is 1. The molecule has 124 valence electrons. The van der Waals surface area contributed by atoms with E-state index in [0.717, 1.165) is 24.3 Å². The minimum Gasteiger partial charge on any atom is -0.492 e. The minimum absolute atomic E-state index is 0.0728. The number of likely N-dealkylation sites (tertiary alicyclic amines) is 1. The van der Waals surface area contributed by atoms with Crippen LogP contribution in [0.2, 0.25) is 0 Å². The number of pyridine rings is 1. The number of ether oxygens (including phenoxy) is 2. The molecule has 1 atom stereocenters. The van der Waals surface area contributed by atoms with E-state index in [0.29, 0.717) is 25.6 Å². The van der Waals surface area contributed by atoms with Crippen LogP contribution in [0.5, 0.6) is 5.75 Å². The van der Waals surface area contributed by atoms with Gasteiger partial charge in [-0.05, 0) is 30.7 Å². The molecule has 0 saturated carbocycles. The van der Waals surface area contributed by atoms with Crippen molar-refractivity contribution in [3.63, 3.8) is 0 Å². The molecule has 5 nitrogen and oxygen atoms in total. The first-order valence-electron chi connectivity index (χ1n) is 8.28. The third-order valence-corrected chi connectivity index (χ3v) is 4.91. The zero-order valence-electron chi connectivity index (χ0n) is 13.4. The van der Waals surface area contributed by atoms with Gasteiger partial charge in [-0.25, -0.2) is 0 Å². The first kappa shape index (κ1) is 15.1. The van der Waals surface area contributed by atoms with Crippen LogP contribution in [-0.2, 0) is 4.74 Å². The summed E-state index contributed by atoms with van der Waals surface area (Å²) in [5.41, 5.74) is 0.487. The number of nitrogens with zero attached hydrogens (tertiary/aromatic N) is 2. The highest BCUT2D eigenvalue weighted by molar-refractivity contribution is 5.94. The molecule has 2 fully saturated rings. The minimum atomic E-state index is -0.243. The second-order valence-corrected chi connectivity index (χ2v) is 6.43. The summed E-state index contributed by atoms with van der Waals surface area (Å²) in [7, 11) is 0. The Hall–Kier alpha value is -2.40. The fourth-order valence-electron chi connectivity index (χ4n) is 3.51. The molecule has 2 aromatic rings. The van der Waals surface area contributed by atoms with Gasteiger partial charge >= 0.3 is 0 Å². The molecular weight excluding hydrogens is 304 g/mol. The summed E-state index contributed by atoms with van der Waals surface area (Å²) in [5.74, 6) is 1.15. The smallest absolute Gasteiger partial charge is 0.254 e. The van der Waals surface area contributed by atoms with Crippen LogP contribution < -0.4 is 4.74 Å². The fraction of sp³-hybridized carbons (Fsp3) is 0.368. The predicted molar refractivity (Wildman–Crippen MR) is 88.9 cm³/mol. The lowest BCUT2D eigenvalue weighted by Crippen LogP contribution is -2.66. The Morgan fingerprint density at radius 2 is 2.08 bits per heavy atom. The van der Waals surface area contributed by atoms with Gasteiger partial charge in [-0.3, -0.25) is 9.78 Å². The van der Waals surface area contributed by atoms with Crippen molar-refractivity contribution in [2.75, 3.05) is 26.3 Å². The monoisotopic (exact) mass is 324 g/mol. The number of carbonyl (C=O) groups excluding carboxylic acids is 1. The molecule has 1 aromatic carbocycles. The summed E-state index contributed by atoms with van der Waals surface area (Å²) in [5, 5.41) is 0. The molecule has 24 heavy (non-hydrogen) atoms. The van der Waals surface area contributed by atoms with Gasteiger partial charge in [-0.2, -0.15) is 0 Å².